The minimum Gasteiger partial charge on any atom is -0.306 e. The highest BCUT2D eigenvalue weighted by Crippen LogP contribution is 2.23. The summed E-state index contributed by atoms with van der Waals surface area (Å²) in [6.45, 7) is 2.92. The number of hydrogen-bond acceptors (Lipinski definition) is 4. The van der Waals surface area contributed by atoms with Crippen molar-refractivity contribution in [3.8, 4) is 0 Å². The van der Waals surface area contributed by atoms with Crippen LogP contribution in [0.25, 0.3) is 0 Å². The Hall–Kier alpha value is -1.66. The van der Waals surface area contributed by atoms with Crippen LogP contribution in [0, 0.1) is 5.82 Å². The molecule has 2 heterocycles. The van der Waals surface area contributed by atoms with Crippen LogP contribution in [-0.2, 0) is 18.7 Å². The third kappa shape index (κ3) is 3.56. The van der Waals surface area contributed by atoms with Crippen LogP contribution in [0.5, 0.6) is 0 Å². The molecule has 0 fully saturated rings. The summed E-state index contributed by atoms with van der Waals surface area (Å²) in [5.41, 5.74) is 0.954. The first-order chi connectivity index (χ1) is 10.8. The average Bonchev–Trinajstić information content (AvgIpc) is 3.15. The minimum absolute atomic E-state index is 0.201. The van der Waals surface area contributed by atoms with Crippen LogP contribution in [0.4, 0.5) is 4.39 Å². The van der Waals surface area contributed by atoms with E-state index in [4.69, 9.17) is 0 Å². The second kappa shape index (κ2) is 7.07. The molecule has 0 aliphatic carbocycles. The largest absolute Gasteiger partial charge is 0.306 e. The second-order valence-electron chi connectivity index (χ2n) is 4.82. The summed E-state index contributed by atoms with van der Waals surface area (Å²) in [6.07, 6.45) is 0.805. The topological polar surface area (TPSA) is 30.7 Å². The molecule has 0 spiro atoms. The second-order valence-corrected chi connectivity index (χ2v) is 6.79. The number of thiophene rings is 1. The molecule has 0 radical (unpaired) electrons. The number of aromatic nitrogens is 3. The van der Waals surface area contributed by atoms with Gasteiger partial charge in [-0.15, -0.1) is 21.5 Å². The number of nitrogens with zero attached hydrogens (tertiary/aromatic N) is 3. The molecule has 1 aromatic carbocycles. The molecule has 114 valence electrons. The van der Waals surface area contributed by atoms with Gasteiger partial charge in [-0.05, 0) is 36.1 Å². The Morgan fingerprint density at radius 2 is 2.14 bits per heavy atom. The summed E-state index contributed by atoms with van der Waals surface area (Å²) in [4.78, 5) is 1.28. The van der Waals surface area contributed by atoms with Crippen LogP contribution in [0.15, 0.2) is 46.9 Å². The lowest BCUT2D eigenvalue weighted by molar-refractivity contribution is 0.626. The molecule has 0 N–H and O–H groups in total. The molecule has 3 aromatic rings. The molecule has 0 saturated carbocycles. The van der Waals surface area contributed by atoms with E-state index < -0.39 is 0 Å². The van der Waals surface area contributed by atoms with E-state index in [1.807, 2.05) is 12.1 Å². The molecule has 6 heteroatoms. The maximum atomic E-state index is 13.2. The highest BCUT2D eigenvalue weighted by atomic mass is 32.2. The van der Waals surface area contributed by atoms with E-state index in [2.05, 4.69) is 33.1 Å². The quantitative estimate of drug-likeness (QED) is 0.627. The maximum Gasteiger partial charge on any atom is 0.191 e. The molecular weight excluding hydrogens is 317 g/mol. The average molecular weight is 333 g/mol. The van der Waals surface area contributed by atoms with Gasteiger partial charge in [-0.25, -0.2) is 4.39 Å². The molecule has 3 nitrogen and oxygen atoms in total. The normalized spacial score (nSPS) is 11.0. The third-order valence-corrected chi connectivity index (χ3v) is 5.19. The molecule has 0 amide bonds. The van der Waals surface area contributed by atoms with Gasteiger partial charge in [0.15, 0.2) is 5.16 Å². The Morgan fingerprint density at radius 3 is 2.86 bits per heavy atom. The Kier molecular flexibility index (Phi) is 4.90. The molecule has 0 atom stereocenters. The fraction of sp³-hybridized carbons (Fsp3) is 0.250. The first kappa shape index (κ1) is 15.2. The van der Waals surface area contributed by atoms with E-state index in [9.17, 15) is 4.39 Å². The molecular formula is C16H16FN3S2. The number of rotatable bonds is 6. The van der Waals surface area contributed by atoms with Gasteiger partial charge in [-0.2, -0.15) is 0 Å². The van der Waals surface area contributed by atoms with Gasteiger partial charge in [0.05, 0.1) is 0 Å². The van der Waals surface area contributed by atoms with Crippen molar-refractivity contribution in [2.75, 3.05) is 0 Å². The van der Waals surface area contributed by atoms with E-state index in [1.165, 1.54) is 10.9 Å². The molecule has 0 unspecified atom stereocenters. The fourth-order valence-corrected chi connectivity index (χ4v) is 3.88. The van der Waals surface area contributed by atoms with Crippen LogP contribution in [0.1, 0.15) is 23.2 Å². The zero-order valence-electron chi connectivity index (χ0n) is 12.2. The predicted octanol–water partition coefficient (Wildman–Crippen LogP) is 4.38. The summed E-state index contributed by atoms with van der Waals surface area (Å²) in [6, 6.07) is 10.8. The van der Waals surface area contributed by atoms with E-state index >= 15 is 0 Å². The maximum absolute atomic E-state index is 13.2. The zero-order valence-corrected chi connectivity index (χ0v) is 13.8. The van der Waals surface area contributed by atoms with Crippen LogP contribution in [0.3, 0.4) is 0 Å². The Labute approximate surface area is 137 Å². The summed E-state index contributed by atoms with van der Waals surface area (Å²) in [5.74, 6) is 1.47. The van der Waals surface area contributed by atoms with Gasteiger partial charge in [0.2, 0.25) is 0 Å². The molecule has 0 bridgehead atoms. The van der Waals surface area contributed by atoms with Crippen molar-refractivity contribution in [2.24, 2.45) is 0 Å². The fourth-order valence-electron chi connectivity index (χ4n) is 2.22. The summed E-state index contributed by atoms with van der Waals surface area (Å²) < 4.78 is 15.3. The standard InChI is InChI=1S/C16H16FN3S2/c1-2-20-15(10-14-7-4-8-21-14)18-19-16(20)22-11-12-5-3-6-13(17)9-12/h3-9H,2,10-11H2,1H3. The van der Waals surface area contributed by atoms with Crippen LogP contribution in [0.2, 0.25) is 0 Å². The Morgan fingerprint density at radius 1 is 1.23 bits per heavy atom. The van der Waals surface area contributed by atoms with Gasteiger partial charge in [0.1, 0.15) is 11.6 Å². The lowest BCUT2D eigenvalue weighted by atomic mass is 10.2. The molecule has 0 saturated heterocycles. The van der Waals surface area contributed by atoms with Gasteiger partial charge >= 0.3 is 0 Å². The number of thioether (sulfide) groups is 1. The first-order valence-electron chi connectivity index (χ1n) is 7.08. The summed E-state index contributed by atoms with van der Waals surface area (Å²) in [5, 5.41) is 11.6. The van der Waals surface area contributed by atoms with Crippen molar-refractivity contribution in [3.63, 3.8) is 0 Å². The molecule has 2 aromatic heterocycles. The van der Waals surface area contributed by atoms with Crippen molar-refractivity contribution in [2.45, 2.75) is 30.8 Å². The van der Waals surface area contributed by atoms with Crippen LogP contribution >= 0.6 is 23.1 Å². The Balaban J connectivity index is 1.72. The Bertz CT molecular complexity index is 738. The molecule has 0 aliphatic heterocycles. The smallest absolute Gasteiger partial charge is 0.191 e. The summed E-state index contributed by atoms with van der Waals surface area (Å²) in [7, 11) is 0. The van der Waals surface area contributed by atoms with Gasteiger partial charge in [0, 0.05) is 23.6 Å². The van der Waals surface area contributed by atoms with Crippen molar-refractivity contribution in [1.29, 1.82) is 0 Å². The van der Waals surface area contributed by atoms with E-state index in [0.29, 0.717) is 5.75 Å². The van der Waals surface area contributed by atoms with Gasteiger partial charge in [0.25, 0.3) is 0 Å². The number of benzene rings is 1. The summed E-state index contributed by atoms with van der Waals surface area (Å²) >= 11 is 3.32. The lowest BCUT2D eigenvalue weighted by Crippen LogP contribution is -2.03. The van der Waals surface area contributed by atoms with Crippen molar-refractivity contribution in [1.82, 2.24) is 14.8 Å². The molecule has 3 rings (SSSR count). The predicted molar refractivity (Wildman–Crippen MR) is 88.8 cm³/mol. The molecule has 0 aliphatic rings. The van der Waals surface area contributed by atoms with E-state index in [0.717, 1.165) is 29.5 Å². The van der Waals surface area contributed by atoms with Crippen molar-refractivity contribution in [3.05, 3.63) is 63.9 Å². The minimum atomic E-state index is -0.201. The number of halogens is 1. The zero-order chi connectivity index (χ0) is 15.4. The number of hydrogen-bond donors (Lipinski definition) is 0. The van der Waals surface area contributed by atoms with Crippen LogP contribution < -0.4 is 0 Å². The van der Waals surface area contributed by atoms with Gasteiger partial charge < -0.3 is 4.57 Å². The van der Waals surface area contributed by atoms with E-state index in [-0.39, 0.29) is 5.82 Å². The monoisotopic (exact) mass is 333 g/mol. The first-order valence-corrected chi connectivity index (χ1v) is 8.94. The third-order valence-electron chi connectivity index (χ3n) is 3.28. The molecule has 22 heavy (non-hydrogen) atoms. The van der Waals surface area contributed by atoms with Gasteiger partial charge in [-0.3, -0.25) is 0 Å². The van der Waals surface area contributed by atoms with E-state index in [1.54, 1.807) is 35.2 Å². The van der Waals surface area contributed by atoms with Gasteiger partial charge in [-0.1, -0.05) is 30.0 Å². The van der Waals surface area contributed by atoms with Crippen LogP contribution in [-0.4, -0.2) is 14.8 Å². The SMILES string of the molecule is CCn1c(Cc2cccs2)nnc1SCc1cccc(F)c1. The lowest BCUT2D eigenvalue weighted by Gasteiger charge is -2.06. The highest BCUT2D eigenvalue weighted by molar-refractivity contribution is 7.98. The highest BCUT2D eigenvalue weighted by Gasteiger charge is 2.12. The van der Waals surface area contributed by atoms with Crippen molar-refractivity contribution >= 4 is 23.1 Å². The van der Waals surface area contributed by atoms with Crippen molar-refractivity contribution < 1.29 is 4.39 Å².